The Bertz CT molecular complexity index is 814. The zero-order valence-electron chi connectivity index (χ0n) is 16.7. The first-order valence-electron chi connectivity index (χ1n) is 9.36. The van der Waals surface area contributed by atoms with Crippen molar-refractivity contribution in [3.63, 3.8) is 0 Å². The van der Waals surface area contributed by atoms with E-state index in [1.807, 2.05) is 33.8 Å². The van der Waals surface area contributed by atoms with Crippen LogP contribution in [-0.4, -0.2) is 50.7 Å². The van der Waals surface area contributed by atoms with Crippen molar-refractivity contribution in [2.24, 2.45) is 0 Å². The highest BCUT2D eigenvalue weighted by atomic mass is 16.6. The van der Waals surface area contributed by atoms with Crippen molar-refractivity contribution < 1.29 is 19.0 Å². The summed E-state index contributed by atoms with van der Waals surface area (Å²) in [7, 11) is 0. The number of carbonyl (C=O) groups is 1. The van der Waals surface area contributed by atoms with E-state index in [2.05, 4.69) is 15.0 Å². The Morgan fingerprint density at radius 2 is 1.86 bits per heavy atom. The van der Waals surface area contributed by atoms with Gasteiger partial charge in [-0.1, -0.05) is 0 Å². The van der Waals surface area contributed by atoms with Gasteiger partial charge in [-0.3, -0.25) is 4.98 Å². The maximum absolute atomic E-state index is 12.1. The lowest BCUT2D eigenvalue weighted by molar-refractivity contribution is 0.0123. The molecule has 3 heterocycles. The number of carbonyl (C=O) groups excluding carboxylic acids is 1. The Balaban J connectivity index is 1.54. The fourth-order valence-electron chi connectivity index (χ4n) is 2.79. The summed E-state index contributed by atoms with van der Waals surface area (Å²) >= 11 is 0. The molecule has 8 nitrogen and oxygen atoms in total. The molecule has 0 radical (unpaired) electrons. The topological polar surface area (TPSA) is 86.7 Å². The summed E-state index contributed by atoms with van der Waals surface area (Å²) in [5.74, 6) is 1.48. The average molecular weight is 386 g/mol. The van der Waals surface area contributed by atoms with E-state index in [1.165, 1.54) is 6.33 Å². The number of ether oxygens (including phenoxy) is 3. The molecule has 1 amide bonds. The minimum Gasteiger partial charge on any atom is -0.474 e. The normalized spacial score (nSPS) is 15.2. The molecule has 0 unspecified atom stereocenters. The van der Waals surface area contributed by atoms with E-state index < -0.39 is 5.60 Å². The Kier molecular flexibility index (Phi) is 5.96. The van der Waals surface area contributed by atoms with Gasteiger partial charge in [-0.25, -0.2) is 14.8 Å². The van der Waals surface area contributed by atoms with Crippen LogP contribution in [0.5, 0.6) is 17.5 Å². The van der Waals surface area contributed by atoms with Crippen molar-refractivity contribution in [1.82, 2.24) is 19.9 Å². The molecule has 1 fully saturated rings. The van der Waals surface area contributed by atoms with E-state index in [4.69, 9.17) is 14.2 Å². The van der Waals surface area contributed by atoms with E-state index in [9.17, 15) is 4.79 Å². The van der Waals surface area contributed by atoms with Crippen LogP contribution < -0.4 is 9.47 Å². The van der Waals surface area contributed by atoms with Crippen molar-refractivity contribution >= 4 is 6.09 Å². The zero-order chi connectivity index (χ0) is 20.1. The molecule has 2 aromatic heterocycles. The second-order valence-corrected chi connectivity index (χ2v) is 7.67. The number of nitrogens with zero attached hydrogens (tertiary/aromatic N) is 4. The number of aromatic nitrogens is 3. The predicted molar refractivity (Wildman–Crippen MR) is 103 cm³/mol. The minimum atomic E-state index is -0.492. The maximum atomic E-state index is 12.1. The molecule has 0 aromatic carbocycles. The highest BCUT2D eigenvalue weighted by molar-refractivity contribution is 5.68. The lowest BCUT2D eigenvalue weighted by Crippen LogP contribution is -2.44. The van der Waals surface area contributed by atoms with Crippen LogP contribution in [-0.2, 0) is 4.74 Å². The molecule has 0 bridgehead atoms. The third kappa shape index (κ3) is 5.55. The maximum Gasteiger partial charge on any atom is 0.410 e. The number of pyridine rings is 1. The molecule has 1 aliphatic heterocycles. The van der Waals surface area contributed by atoms with Gasteiger partial charge >= 0.3 is 6.09 Å². The van der Waals surface area contributed by atoms with Crippen LogP contribution >= 0.6 is 0 Å². The predicted octanol–water partition coefficient (Wildman–Crippen LogP) is 3.75. The van der Waals surface area contributed by atoms with Crippen LogP contribution in [0, 0.1) is 6.92 Å². The first-order valence-corrected chi connectivity index (χ1v) is 9.36. The third-order valence-corrected chi connectivity index (χ3v) is 4.17. The summed E-state index contributed by atoms with van der Waals surface area (Å²) in [6.45, 7) is 8.63. The van der Waals surface area contributed by atoms with Crippen LogP contribution in [0.15, 0.2) is 30.7 Å². The molecule has 1 saturated heterocycles. The number of amides is 1. The first kappa shape index (κ1) is 19.9. The van der Waals surface area contributed by atoms with Gasteiger partial charge in [-0.2, -0.15) is 0 Å². The van der Waals surface area contributed by atoms with Gasteiger partial charge in [0.25, 0.3) is 0 Å². The molecule has 0 atom stereocenters. The minimum absolute atomic E-state index is 0.0263. The smallest absolute Gasteiger partial charge is 0.410 e. The summed E-state index contributed by atoms with van der Waals surface area (Å²) in [5, 5.41) is 0. The molecule has 0 spiro atoms. The van der Waals surface area contributed by atoms with Crippen LogP contribution in [0.4, 0.5) is 4.79 Å². The molecule has 1 aliphatic rings. The highest BCUT2D eigenvalue weighted by Gasteiger charge is 2.27. The van der Waals surface area contributed by atoms with E-state index in [0.717, 1.165) is 5.69 Å². The summed E-state index contributed by atoms with van der Waals surface area (Å²) < 4.78 is 17.2. The van der Waals surface area contributed by atoms with Crippen molar-refractivity contribution in [1.29, 1.82) is 0 Å². The molecule has 3 rings (SSSR count). The van der Waals surface area contributed by atoms with Crippen molar-refractivity contribution in [2.45, 2.75) is 52.2 Å². The van der Waals surface area contributed by atoms with Crippen LogP contribution in [0.3, 0.4) is 0 Å². The lowest BCUT2D eigenvalue weighted by atomic mass is 10.1. The Hall–Kier alpha value is -2.90. The summed E-state index contributed by atoms with van der Waals surface area (Å²) in [6.07, 6.45) is 4.23. The average Bonchev–Trinajstić information content (AvgIpc) is 2.63. The van der Waals surface area contributed by atoms with Gasteiger partial charge in [0.2, 0.25) is 11.8 Å². The first-order chi connectivity index (χ1) is 13.3. The zero-order valence-corrected chi connectivity index (χ0v) is 16.7. The van der Waals surface area contributed by atoms with Crippen molar-refractivity contribution in [3.05, 3.63) is 36.4 Å². The monoisotopic (exact) mass is 386 g/mol. The van der Waals surface area contributed by atoms with Gasteiger partial charge in [-0.05, 0) is 39.8 Å². The molecular weight excluding hydrogens is 360 g/mol. The summed E-state index contributed by atoms with van der Waals surface area (Å²) in [6, 6.07) is 5.30. The van der Waals surface area contributed by atoms with Crippen LogP contribution in [0.1, 0.15) is 39.3 Å². The molecular formula is C20H26N4O4. The van der Waals surface area contributed by atoms with Gasteiger partial charge in [0.15, 0.2) is 5.75 Å². The van der Waals surface area contributed by atoms with Gasteiger partial charge in [0.1, 0.15) is 18.0 Å². The molecule has 28 heavy (non-hydrogen) atoms. The molecule has 0 N–H and O–H groups in total. The quantitative estimate of drug-likeness (QED) is 0.791. The SMILES string of the molecule is Cc1ncccc1Oc1cc(OC2CCN(C(=O)OC(C)(C)C)CC2)ncn1. The van der Waals surface area contributed by atoms with Crippen molar-refractivity contribution in [3.8, 4) is 17.5 Å². The fraction of sp³-hybridized carbons (Fsp3) is 0.500. The number of rotatable bonds is 4. The van der Waals surface area contributed by atoms with Crippen LogP contribution in [0.25, 0.3) is 0 Å². The summed E-state index contributed by atoms with van der Waals surface area (Å²) in [5.41, 5.74) is 0.284. The van der Waals surface area contributed by atoms with Crippen LogP contribution in [0.2, 0.25) is 0 Å². The summed E-state index contributed by atoms with van der Waals surface area (Å²) in [4.78, 5) is 26.3. The number of hydrogen-bond donors (Lipinski definition) is 0. The van der Waals surface area contributed by atoms with Gasteiger partial charge in [0, 0.05) is 32.1 Å². The second-order valence-electron chi connectivity index (χ2n) is 7.67. The van der Waals surface area contributed by atoms with Gasteiger partial charge in [0.05, 0.1) is 11.8 Å². The van der Waals surface area contributed by atoms with Gasteiger partial charge < -0.3 is 19.1 Å². The highest BCUT2D eigenvalue weighted by Crippen LogP contribution is 2.25. The number of aryl methyl sites for hydroxylation is 1. The molecule has 2 aromatic rings. The van der Waals surface area contributed by atoms with Crippen molar-refractivity contribution in [2.75, 3.05) is 13.1 Å². The number of likely N-dealkylation sites (tertiary alicyclic amines) is 1. The molecule has 8 heteroatoms. The Morgan fingerprint density at radius 3 is 2.54 bits per heavy atom. The van der Waals surface area contributed by atoms with E-state index >= 15 is 0 Å². The van der Waals surface area contributed by atoms with Gasteiger partial charge in [-0.15, -0.1) is 0 Å². The molecule has 0 saturated carbocycles. The fourth-order valence-corrected chi connectivity index (χ4v) is 2.79. The van der Waals surface area contributed by atoms with E-state index in [0.29, 0.717) is 43.4 Å². The Labute approximate surface area is 164 Å². The third-order valence-electron chi connectivity index (χ3n) is 4.17. The largest absolute Gasteiger partial charge is 0.474 e. The standard InChI is InChI=1S/C20H26N4O4/c1-14-16(6-5-9-21-14)27-18-12-17(22-13-23-18)26-15-7-10-24(11-8-15)19(25)28-20(2,3)4/h5-6,9,12-13,15H,7-8,10-11H2,1-4H3. The van der Waals surface area contributed by atoms with E-state index in [1.54, 1.807) is 23.2 Å². The molecule has 0 aliphatic carbocycles. The van der Waals surface area contributed by atoms with E-state index in [-0.39, 0.29) is 12.2 Å². The lowest BCUT2D eigenvalue weighted by Gasteiger charge is -2.33. The number of hydrogen-bond acceptors (Lipinski definition) is 7. The molecule has 150 valence electrons. The second kappa shape index (κ2) is 8.41. The number of piperidine rings is 1. The Morgan fingerprint density at radius 1 is 1.14 bits per heavy atom.